The van der Waals surface area contributed by atoms with Crippen molar-refractivity contribution >= 4 is 31.9 Å². The molecule has 0 aliphatic rings. The molecule has 0 bridgehead atoms. The summed E-state index contributed by atoms with van der Waals surface area (Å²) in [5.74, 6) is -0.497. The smallest absolute Gasteiger partial charge is 0.170 e. The number of hydrogen-bond donors (Lipinski definition) is 0. The summed E-state index contributed by atoms with van der Waals surface area (Å²) in [6.07, 6.45) is 0. The Labute approximate surface area is 126 Å². The van der Waals surface area contributed by atoms with E-state index in [-0.39, 0.29) is 17.4 Å². The van der Waals surface area contributed by atoms with Gasteiger partial charge in [0.1, 0.15) is 17.5 Å². The Bertz CT molecular complexity index is 588. The Kier molecular flexibility index (Phi) is 4.35. The lowest BCUT2D eigenvalue weighted by molar-refractivity contribution is 0.562. The van der Waals surface area contributed by atoms with E-state index in [1.54, 1.807) is 4.57 Å². The van der Waals surface area contributed by atoms with Gasteiger partial charge in [0.25, 0.3) is 0 Å². The standard InChI is InChI=1S/C12H11Br2F2N3/c1-6(2)19-10(5-13)17-18-12(19)11-8(15)3-7(14)4-9(11)16/h3-4,6H,5H2,1-2H3. The van der Waals surface area contributed by atoms with E-state index < -0.39 is 11.6 Å². The fourth-order valence-electron chi connectivity index (χ4n) is 1.88. The van der Waals surface area contributed by atoms with E-state index in [2.05, 4.69) is 42.1 Å². The van der Waals surface area contributed by atoms with Gasteiger partial charge in [0.2, 0.25) is 0 Å². The molecule has 0 spiro atoms. The van der Waals surface area contributed by atoms with Crippen molar-refractivity contribution < 1.29 is 8.78 Å². The monoisotopic (exact) mass is 393 g/mol. The minimum Gasteiger partial charge on any atom is -0.308 e. The van der Waals surface area contributed by atoms with Gasteiger partial charge in [-0.1, -0.05) is 31.9 Å². The van der Waals surface area contributed by atoms with Crippen LogP contribution in [0, 0.1) is 11.6 Å². The van der Waals surface area contributed by atoms with E-state index in [4.69, 9.17) is 0 Å². The summed E-state index contributed by atoms with van der Waals surface area (Å²) in [5, 5.41) is 8.35. The molecule has 3 nitrogen and oxygen atoms in total. The molecule has 2 aromatic rings. The van der Waals surface area contributed by atoms with Crippen molar-refractivity contribution in [2.24, 2.45) is 0 Å². The van der Waals surface area contributed by atoms with Crippen molar-refractivity contribution in [1.82, 2.24) is 14.8 Å². The summed E-state index contributed by atoms with van der Waals surface area (Å²) in [7, 11) is 0. The molecule has 0 aliphatic heterocycles. The molecular formula is C12H11Br2F2N3. The Hall–Kier alpha value is -0.820. The Morgan fingerprint density at radius 1 is 1.21 bits per heavy atom. The third-order valence-corrected chi connectivity index (χ3v) is 3.59. The lowest BCUT2D eigenvalue weighted by Crippen LogP contribution is -2.08. The van der Waals surface area contributed by atoms with E-state index in [1.807, 2.05) is 13.8 Å². The van der Waals surface area contributed by atoms with Crippen LogP contribution < -0.4 is 0 Å². The first-order valence-corrected chi connectivity index (χ1v) is 7.51. The number of aromatic nitrogens is 3. The summed E-state index contributed by atoms with van der Waals surface area (Å²) in [6.45, 7) is 3.82. The number of alkyl halides is 1. The Morgan fingerprint density at radius 2 is 1.79 bits per heavy atom. The first-order valence-electron chi connectivity index (χ1n) is 5.60. The molecule has 102 valence electrons. The summed E-state index contributed by atoms with van der Waals surface area (Å²) < 4.78 is 30.0. The number of halogens is 4. The minimum atomic E-state index is -0.665. The van der Waals surface area contributed by atoms with Crippen molar-refractivity contribution in [3.05, 3.63) is 34.1 Å². The summed E-state index contributed by atoms with van der Waals surface area (Å²) in [6, 6.07) is 2.43. The van der Waals surface area contributed by atoms with Crippen LogP contribution in [0.1, 0.15) is 25.7 Å². The van der Waals surface area contributed by atoms with E-state index in [0.717, 1.165) is 0 Å². The van der Waals surface area contributed by atoms with E-state index in [1.165, 1.54) is 12.1 Å². The molecular weight excluding hydrogens is 384 g/mol. The van der Waals surface area contributed by atoms with Gasteiger partial charge < -0.3 is 4.57 Å². The van der Waals surface area contributed by atoms with Crippen LogP contribution in [-0.2, 0) is 5.33 Å². The maximum absolute atomic E-state index is 14.0. The van der Waals surface area contributed by atoms with Crippen LogP contribution in [0.2, 0.25) is 0 Å². The van der Waals surface area contributed by atoms with Crippen molar-refractivity contribution in [2.45, 2.75) is 25.2 Å². The molecule has 0 saturated heterocycles. The highest BCUT2D eigenvalue weighted by Crippen LogP contribution is 2.30. The average molecular weight is 395 g/mol. The average Bonchev–Trinajstić information content (AvgIpc) is 2.71. The minimum absolute atomic E-state index is 0.00000295. The van der Waals surface area contributed by atoms with Gasteiger partial charge in [0.15, 0.2) is 5.82 Å². The van der Waals surface area contributed by atoms with Gasteiger partial charge in [-0.2, -0.15) is 0 Å². The Balaban J connectivity index is 2.69. The van der Waals surface area contributed by atoms with Gasteiger partial charge in [-0.3, -0.25) is 0 Å². The van der Waals surface area contributed by atoms with Gasteiger partial charge in [0.05, 0.1) is 10.9 Å². The molecule has 1 aromatic heterocycles. The van der Waals surface area contributed by atoms with Crippen molar-refractivity contribution in [1.29, 1.82) is 0 Å². The van der Waals surface area contributed by atoms with Crippen LogP contribution in [0.3, 0.4) is 0 Å². The van der Waals surface area contributed by atoms with E-state index >= 15 is 0 Å². The lowest BCUT2D eigenvalue weighted by Gasteiger charge is -2.14. The van der Waals surface area contributed by atoms with Crippen molar-refractivity contribution in [2.75, 3.05) is 0 Å². The van der Waals surface area contributed by atoms with Crippen LogP contribution in [0.15, 0.2) is 16.6 Å². The van der Waals surface area contributed by atoms with Crippen LogP contribution in [-0.4, -0.2) is 14.8 Å². The number of rotatable bonds is 3. The third-order valence-electron chi connectivity index (χ3n) is 2.63. The molecule has 0 atom stereocenters. The quantitative estimate of drug-likeness (QED) is 0.719. The molecule has 0 N–H and O–H groups in total. The fraction of sp³-hybridized carbons (Fsp3) is 0.333. The largest absolute Gasteiger partial charge is 0.308 e. The van der Waals surface area contributed by atoms with Gasteiger partial charge in [-0.05, 0) is 26.0 Å². The fourth-order valence-corrected chi connectivity index (χ4v) is 2.67. The zero-order valence-corrected chi connectivity index (χ0v) is 13.5. The number of nitrogens with zero attached hydrogens (tertiary/aromatic N) is 3. The number of benzene rings is 1. The molecule has 1 heterocycles. The highest BCUT2D eigenvalue weighted by atomic mass is 79.9. The highest BCUT2D eigenvalue weighted by Gasteiger charge is 2.22. The molecule has 0 unspecified atom stereocenters. The highest BCUT2D eigenvalue weighted by molar-refractivity contribution is 9.10. The second kappa shape index (κ2) is 5.66. The predicted octanol–water partition coefficient (Wildman–Crippen LogP) is 4.46. The topological polar surface area (TPSA) is 30.7 Å². The molecule has 7 heteroatoms. The van der Waals surface area contributed by atoms with Gasteiger partial charge in [0, 0.05) is 10.5 Å². The van der Waals surface area contributed by atoms with Crippen LogP contribution in [0.4, 0.5) is 8.78 Å². The second-order valence-electron chi connectivity index (χ2n) is 4.28. The molecule has 0 aliphatic carbocycles. The van der Waals surface area contributed by atoms with Crippen LogP contribution in [0.25, 0.3) is 11.4 Å². The normalized spacial score (nSPS) is 11.3. The number of hydrogen-bond acceptors (Lipinski definition) is 2. The lowest BCUT2D eigenvalue weighted by atomic mass is 10.1. The molecule has 0 amide bonds. The summed E-state index contributed by atoms with van der Waals surface area (Å²) in [4.78, 5) is 0. The Morgan fingerprint density at radius 3 is 2.26 bits per heavy atom. The van der Waals surface area contributed by atoms with Crippen LogP contribution >= 0.6 is 31.9 Å². The summed E-state index contributed by atoms with van der Waals surface area (Å²) >= 11 is 6.35. The van der Waals surface area contributed by atoms with E-state index in [0.29, 0.717) is 15.6 Å². The molecule has 0 saturated carbocycles. The zero-order valence-electron chi connectivity index (χ0n) is 10.3. The summed E-state index contributed by atoms with van der Waals surface area (Å²) in [5.41, 5.74) is -0.156. The van der Waals surface area contributed by atoms with Crippen molar-refractivity contribution in [3.8, 4) is 11.4 Å². The molecule has 0 radical (unpaired) electrons. The third kappa shape index (κ3) is 2.72. The predicted molar refractivity (Wildman–Crippen MR) is 76.1 cm³/mol. The van der Waals surface area contributed by atoms with Gasteiger partial charge in [-0.15, -0.1) is 10.2 Å². The maximum Gasteiger partial charge on any atom is 0.170 e. The van der Waals surface area contributed by atoms with Crippen molar-refractivity contribution in [3.63, 3.8) is 0 Å². The van der Waals surface area contributed by atoms with Gasteiger partial charge in [-0.25, -0.2) is 8.78 Å². The first-order chi connectivity index (χ1) is 8.95. The molecule has 19 heavy (non-hydrogen) atoms. The second-order valence-corrected chi connectivity index (χ2v) is 5.76. The van der Waals surface area contributed by atoms with Gasteiger partial charge >= 0.3 is 0 Å². The SMILES string of the molecule is CC(C)n1c(CBr)nnc1-c1c(F)cc(Br)cc1F. The van der Waals surface area contributed by atoms with Crippen LogP contribution in [0.5, 0.6) is 0 Å². The first kappa shape index (κ1) is 14.6. The van der Waals surface area contributed by atoms with E-state index in [9.17, 15) is 8.78 Å². The zero-order chi connectivity index (χ0) is 14.2. The maximum atomic E-state index is 14.0. The molecule has 1 aromatic carbocycles. The molecule has 2 rings (SSSR count). The molecule has 0 fully saturated rings.